The lowest BCUT2D eigenvalue weighted by Crippen LogP contribution is -2.36. The second kappa shape index (κ2) is 4.97. The molecule has 2 aromatic heterocycles. The molecule has 17 heavy (non-hydrogen) atoms. The fraction of sp³-hybridized carbons (Fsp3) is 0.333. The predicted molar refractivity (Wildman–Crippen MR) is 64.0 cm³/mol. The molecule has 0 aliphatic rings. The third-order valence-corrected chi connectivity index (χ3v) is 2.44. The van der Waals surface area contributed by atoms with Crippen LogP contribution in [0, 0.1) is 0 Å². The first-order valence-electron chi connectivity index (χ1n) is 5.44. The van der Waals surface area contributed by atoms with Crippen molar-refractivity contribution in [2.75, 3.05) is 13.7 Å². The molecule has 0 fully saturated rings. The molecule has 0 aliphatic heterocycles. The second-order valence-electron chi connectivity index (χ2n) is 3.90. The number of ether oxygens (including phenoxy) is 1. The number of hydrogen-bond donors (Lipinski definition) is 1. The van der Waals surface area contributed by atoms with Crippen molar-refractivity contribution in [3.63, 3.8) is 0 Å². The number of carbonyl (C=O) groups is 1. The van der Waals surface area contributed by atoms with Gasteiger partial charge < -0.3 is 10.1 Å². The van der Waals surface area contributed by atoms with Crippen LogP contribution >= 0.6 is 0 Å². The number of aromatic nitrogens is 2. The van der Waals surface area contributed by atoms with Gasteiger partial charge in [-0.15, -0.1) is 0 Å². The zero-order valence-corrected chi connectivity index (χ0v) is 9.88. The molecular weight excluding hydrogens is 218 g/mol. The van der Waals surface area contributed by atoms with Gasteiger partial charge in [-0.2, -0.15) is 0 Å². The molecule has 90 valence electrons. The van der Waals surface area contributed by atoms with E-state index in [1.165, 1.54) is 0 Å². The van der Waals surface area contributed by atoms with E-state index in [2.05, 4.69) is 10.3 Å². The van der Waals surface area contributed by atoms with Crippen LogP contribution in [-0.4, -0.2) is 35.1 Å². The highest BCUT2D eigenvalue weighted by Crippen LogP contribution is 2.06. The van der Waals surface area contributed by atoms with Crippen molar-refractivity contribution in [3.05, 3.63) is 36.3 Å². The fourth-order valence-electron chi connectivity index (χ4n) is 1.69. The molecule has 0 saturated heterocycles. The van der Waals surface area contributed by atoms with E-state index in [1.54, 1.807) is 17.7 Å². The molecule has 0 aliphatic carbocycles. The average Bonchev–Trinajstić information content (AvgIpc) is 2.72. The number of amides is 1. The van der Waals surface area contributed by atoms with Gasteiger partial charge in [-0.25, -0.2) is 4.98 Å². The summed E-state index contributed by atoms with van der Waals surface area (Å²) in [5.74, 6) is -0.145. The number of imidazole rings is 1. The van der Waals surface area contributed by atoms with Gasteiger partial charge in [0.15, 0.2) is 0 Å². The molecule has 1 N–H and O–H groups in total. The van der Waals surface area contributed by atoms with Gasteiger partial charge in [-0.1, -0.05) is 6.07 Å². The van der Waals surface area contributed by atoms with Crippen LogP contribution in [0.5, 0.6) is 0 Å². The third-order valence-electron chi connectivity index (χ3n) is 2.44. The number of rotatable bonds is 4. The van der Waals surface area contributed by atoms with Crippen LogP contribution < -0.4 is 5.32 Å². The molecule has 0 saturated carbocycles. The van der Waals surface area contributed by atoms with Crippen molar-refractivity contribution in [1.29, 1.82) is 0 Å². The molecule has 2 heterocycles. The topological polar surface area (TPSA) is 55.6 Å². The van der Waals surface area contributed by atoms with E-state index in [0.717, 1.165) is 5.65 Å². The molecule has 0 spiro atoms. The van der Waals surface area contributed by atoms with E-state index in [9.17, 15) is 4.79 Å². The molecule has 1 atom stereocenters. The molecule has 1 unspecified atom stereocenters. The van der Waals surface area contributed by atoms with Crippen molar-refractivity contribution in [2.24, 2.45) is 0 Å². The van der Waals surface area contributed by atoms with Crippen molar-refractivity contribution >= 4 is 11.6 Å². The molecular formula is C12H15N3O2. The molecule has 2 aromatic rings. The van der Waals surface area contributed by atoms with Gasteiger partial charge >= 0.3 is 0 Å². The highest BCUT2D eigenvalue weighted by molar-refractivity contribution is 5.93. The maximum atomic E-state index is 12.0. The van der Waals surface area contributed by atoms with Gasteiger partial charge in [0.1, 0.15) is 11.3 Å². The van der Waals surface area contributed by atoms with Crippen LogP contribution in [0.3, 0.4) is 0 Å². The monoisotopic (exact) mass is 233 g/mol. The van der Waals surface area contributed by atoms with Crippen LogP contribution in [0.25, 0.3) is 5.65 Å². The highest BCUT2D eigenvalue weighted by atomic mass is 16.5. The van der Waals surface area contributed by atoms with E-state index >= 15 is 0 Å². The lowest BCUT2D eigenvalue weighted by atomic mass is 10.3. The predicted octanol–water partition coefficient (Wildman–Crippen LogP) is 1.10. The smallest absolute Gasteiger partial charge is 0.270 e. The lowest BCUT2D eigenvalue weighted by molar-refractivity contribution is 0.0899. The van der Waals surface area contributed by atoms with E-state index in [0.29, 0.717) is 12.3 Å². The Kier molecular flexibility index (Phi) is 3.39. The van der Waals surface area contributed by atoms with Crippen LogP contribution in [0.1, 0.15) is 17.4 Å². The van der Waals surface area contributed by atoms with Crippen molar-refractivity contribution in [2.45, 2.75) is 13.0 Å². The first-order valence-corrected chi connectivity index (χ1v) is 5.44. The number of carbonyl (C=O) groups excluding carboxylic acids is 1. The normalized spacial score (nSPS) is 12.6. The number of pyridine rings is 1. The minimum absolute atomic E-state index is 0.0261. The Morgan fingerprint density at radius 3 is 3.18 bits per heavy atom. The van der Waals surface area contributed by atoms with Gasteiger partial charge in [-0.05, 0) is 19.1 Å². The Labute approximate surface area is 99.4 Å². The van der Waals surface area contributed by atoms with Gasteiger partial charge in [-0.3, -0.25) is 9.20 Å². The summed E-state index contributed by atoms with van der Waals surface area (Å²) in [4.78, 5) is 16.1. The molecule has 0 aromatic carbocycles. The Hall–Kier alpha value is -1.88. The second-order valence-corrected chi connectivity index (χ2v) is 3.90. The first kappa shape index (κ1) is 11.6. The number of fused-ring (bicyclic) bond motifs is 1. The zero-order chi connectivity index (χ0) is 12.3. The van der Waals surface area contributed by atoms with Crippen LogP contribution in [0.15, 0.2) is 30.6 Å². The van der Waals surface area contributed by atoms with E-state index in [1.807, 2.05) is 31.3 Å². The Balaban J connectivity index is 2.19. The summed E-state index contributed by atoms with van der Waals surface area (Å²) in [6, 6.07) is 5.58. The number of methoxy groups -OCH3 is 1. The third kappa shape index (κ3) is 2.45. The summed E-state index contributed by atoms with van der Waals surface area (Å²) in [5, 5.41) is 2.85. The summed E-state index contributed by atoms with van der Waals surface area (Å²) in [5.41, 5.74) is 1.29. The summed E-state index contributed by atoms with van der Waals surface area (Å²) in [7, 11) is 1.61. The number of hydrogen-bond acceptors (Lipinski definition) is 3. The van der Waals surface area contributed by atoms with Gasteiger partial charge in [0.05, 0.1) is 12.8 Å². The Morgan fingerprint density at radius 2 is 2.41 bits per heavy atom. The van der Waals surface area contributed by atoms with E-state index < -0.39 is 0 Å². The number of nitrogens with zero attached hydrogens (tertiary/aromatic N) is 2. The van der Waals surface area contributed by atoms with Crippen LogP contribution in [0.4, 0.5) is 0 Å². The summed E-state index contributed by atoms with van der Waals surface area (Å²) < 4.78 is 6.73. The highest BCUT2D eigenvalue weighted by Gasteiger charge is 2.13. The average molecular weight is 233 g/mol. The Bertz CT molecular complexity index is 521. The maximum absolute atomic E-state index is 12.0. The molecule has 0 bridgehead atoms. The van der Waals surface area contributed by atoms with Crippen molar-refractivity contribution in [1.82, 2.24) is 14.7 Å². The summed E-state index contributed by atoms with van der Waals surface area (Å²) >= 11 is 0. The van der Waals surface area contributed by atoms with Crippen molar-refractivity contribution in [3.8, 4) is 0 Å². The largest absolute Gasteiger partial charge is 0.383 e. The standard InChI is InChI=1S/C12H15N3O2/c1-9(8-17-2)14-12(16)10-7-13-11-5-3-4-6-15(10)11/h3-7,9H,8H2,1-2H3,(H,14,16). The van der Waals surface area contributed by atoms with Gasteiger partial charge in [0.25, 0.3) is 5.91 Å². The minimum Gasteiger partial charge on any atom is -0.383 e. The molecule has 0 radical (unpaired) electrons. The quantitative estimate of drug-likeness (QED) is 0.860. The van der Waals surface area contributed by atoms with E-state index in [-0.39, 0.29) is 11.9 Å². The van der Waals surface area contributed by atoms with Gasteiger partial charge in [0.2, 0.25) is 0 Å². The zero-order valence-electron chi connectivity index (χ0n) is 9.88. The van der Waals surface area contributed by atoms with Crippen molar-refractivity contribution < 1.29 is 9.53 Å². The van der Waals surface area contributed by atoms with Gasteiger partial charge in [0, 0.05) is 19.3 Å². The fourth-order valence-corrected chi connectivity index (χ4v) is 1.69. The molecule has 5 heteroatoms. The Morgan fingerprint density at radius 1 is 1.59 bits per heavy atom. The molecule has 1 amide bonds. The molecule has 5 nitrogen and oxygen atoms in total. The first-order chi connectivity index (χ1) is 8.22. The maximum Gasteiger partial charge on any atom is 0.270 e. The number of nitrogens with one attached hydrogen (secondary N) is 1. The minimum atomic E-state index is -0.145. The SMILES string of the molecule is COCC(C)NC(=O)c1cnc2ccccn12. The molecule has 2 rings (SSSR count). The van der Waals surface area contributed by atoms with Crippen LogP contribution in [-0.2, 0) is 4.74 Å². The lowest BCUT2D eigenvalue weighted by Gasteiger charge is -2.12. The van der Waals surface area contributed by atoms with Crippen LogP contribution in [0.2, 0.25) is 0 Å². The summed E-state index contributed by atoms with van der Waals surface area (Å²) in [6.45, 7) is 2.38. The van der Waals surface area contributed by atoms with E-state index in [4.69, 9.17) is 4.74 Å². The summed E-state index contributed by atoms with van der Waals surface area (Å²) in [6.07, 6.45) is 3.39.